The predicted molar refractivity (Wildman–Crippen MR) is 110 cm³/mol. The molecule has 0 bridgehead atoms. The molecule has 0 aliphatic heterocycles. The van der Waals surface area contributed by atoms with Gasteiger partial charge in [0.1, 0.15) is 11.5 Å². The highest BCUT2D eigenvalue weighted by molar-refractivity contribution is 7.92. The van der Waals surface area contributed by atoms with E-state index >= 15 is 0 Å². The fourth-order valence-corrected chi connectivity index (χ4v) is 4.54. The molecule has 9 heteroatoms. The zero-order chi connectivity index (χ0) is 20.5. The second kappa shape index (κ2) is 7.73. The molecule has 0 heterocycles. The summed E-state index contributed by atoms with van der Waals surface area (Å²) >= 11 is 0. The molecular formula is C19H24N2O5S2. The molecule has 0 saturated carbocycles. The zero-order valence-corrected chi connectivity index (χ0v) is 17.6. The van der Waals surface area contributed by atoms with Gasteiger partial charge in [-0.2, -0.15) is 0 Å². The Labute approximate surface area is 166 Å². The molecule has 0 spiro atoms. The second-order valence-electron chi connectivity index (χ2n) is 7.25. The topological polar surface area (TPSA) is 102 Å². The molecule has 0 fully saturated rings. The van der Waals surface area contributed by atoms with E-state index in [4.69, 9.17) is 4.74 Å². The molecule has 2 N–H and O–H groups in total. The largest absolute Gasteiger partial charge is 0.457 e. The third-order valence-electron chi connectivity index (χ3n) is 4.43. The van der Waals surface area contributed by atoms with Crippen LogP contribution in [0.25, 0.3) is 0 Å². The fourth-order valence-electron chi connectivity index (χ4n) is 3.08. The van der Waals surface area contributed by atoms with E-state index in [9.17, 15) is 16.8 Å². The van der Waals surface area contributed by atoms with E-state index in [0.717, 1.165) is 17.4 Å². The van der Waals surface area contributed by atoms with Crippen LogP contribution < -0.4 is 14.2 Å². The van der Waals surface area contributed by atoms with Crippen molar-refractivity contribution in [3.8, 4) is 11.5 Å². The first-order valence-electron chi connectivity index (χ1n) is 8.90. The molecule has 1 unspecified atom stereocenters. The first kappa shape index (κ1) is 20.6. The number of ether oxygens (including phenoxy) is 1. The molecule has 3 rings (SSSR count). The molecular weight excluding hydrogens is 400 g/mol. The van der Waals surface area contributed by atoms with E-state index in [2.05, 4.69) is 9.44 Å². The number of sulfonamides is 2. The summed E-state index contributed by atoms with van der Waals surface area (Å²) in [5.41, 5.74) is 2.56. The Bertz CT molecular complexity index is 1080. The highest BCUT2D eigenvalue weighted by atomic mass is 32.2. The summed E-state index contributed by atoms with van der Waals surface area (Å²) in [7, 11) is -6.68. The van der Waals surface area contributed by atoms with Crippen molar-refractivity contribution in [1.29, 1.82) is 0 Å². The van der Waals surface area contributed by atoms with E-state index in [1.807, 2.05) is 18.2 Å². The van der Waals surface area contributed by atoms with Gasteiger partial charge in [0.05, 0.1) is 17.2 Å². The van der Waals surface area contributed by atoms with E-state index in [1.165, 1.54) is 0 Å². The van der Waals surface area contributed by atoms with Crippen LogP contribution in [0.4, 0.5) is 5.69 Å². The van der Waals surface area contributed by atoms with Gasteiger partial charge in [0.2, 0.25) is 20.0 Å². The van der Waals surface area contributed by atoms with Gasteiger partial charge in [-0.15, -0.1) is 0 Å². The van der Waals surface area contributed by atoms with Crippen LogP contribution in [0, 0.1) is 0 Å². The lowest BCUT2D eigenvalue weighted by Gasteiger charge is -2.14. The minimum atomic E-state index is -3.36. The minimum absolute atomic E-state index is 0.153. The smallest absolute Gasteiger partial charge is 0.229 e. The average Bonchev–Trinajstić information content (AvgIpc) is 2.94. The van der Waals surface area contributed by atoms with Crippen molar-refractivity contribution in [1.82, 2.24) is 4.72 Å². The summed E-state index contributed by atoms with van der Waals surface area (Å²) in [6.07, 6.45) is 2.34. The molecule has 28 heavy (non-hydrogen) atoms. The quantitative estimate of drug-likeness (QED) is 0.711. The van der Waals surface area contributed by atoms with Crippen LogP contribution in [0.3, 0.4) is 0 Å². The fraction of sp³-hybridized carbons (Fsp3) is 0.368. The Kier molecular flexibility index (Phi) is 5.69. The number of rotatable bonds is 7. The van der Waals surface area contributed by atoms with Crippen LogP contribution in [0.5, 0.6) is 11.5 Å². The van der Waals surface area contributed by atoms with Crippen molar-refractivity contribution in [2.45, 2.75) is 38.0 Å². The van der Waals surface area contributed by atoms with Crippen molar-refractivity contribution >= 4 is 25.7 Å². The second-order valence-corrected chi connectivity index (χ2v) is 11.3. The average molecular weight is 425 g/mol. The third kappa shape index (κ3) is 5.24. The normalized spacial score (nSPS) is 16.8. The Hall–Kier alpha value is -2.10. The lowest BCUT2D eigenvalue weighted by atomic mass is 10.1. The molecule has 0 amide bonds. The van der Waals surface area contributed by atoms with Crippen molar-refractivity contribution in [2.24, 2.45) is 0 Å². The minimum Gasteiger partial charge on any atom is -0.457 e. The highest BCUT2D eigenvalue weighted by Gasteiger charge is 2.27. The number of hydrogen-bond donors (Lipinski definition) is 2. The Morgan fingerprint density at radius 1 is 0.964 bits per heavy atom. The van der Waals surface area contributed by atoms with Crippen LogP contribution in [0.1, 0.15) is 25.0 Å². The highest BCUT2D eigenvalue weighted by Crippen LogP contribution is 2.30. The monoisotopic (exact) mass is 424 g/mol. The summed E-state index contributed by atoms with van der Waals surface area (Å²) < 4.78 is 58.0. The summed E-state index contributed by atoms with van der Waals surface area (Å²) in [6.45, 7) is 3.31. The molecule has 2 aromatic rings. The Morgan fingerprint density at radius 2 is 1.64 bits per heavy atom. The van der Waals surface area contributed by atoms with Crippen molar-refractivity contribution < 1.29 is 21.6 Å². The number of fused-ring (bicyclic) bond motifs is 1. The first-order chi connectivity index (χ1) is 13.0. The van der Waals surface area contributed by atoms with Gasteiger partial charge in [-0.25, -0.2) is 21.6 Å². The van der Waals surface area contributed by atoms with Gasteiger partial charge in [-0.05, 0) is 62.1 Å². The maximum atomic E-state index is 12.1. The van der Waals surface area contributed by atoms with Crippen molar-refractivity contribution in [2.75, 3.05) is 11.0 Å². The summed E-state index contributed by atoms with van der Waals surface area (Å²) in [6, 6.07) is 12.2. The molecule has 2 aromatic carbocycles. The van der Waals surface area contributed by atoms with Gasteiger partial charge in [-0.3, -0.25) is 4.72 Å². The van der Waals surface area contributed by atoms with Crippen LogP contribution in [-0.4, -0.2) is 34.4 Å². The SMILES string of the molecule is CC(C)S(=O)(=O)NC1Cc2ccc(Oc3cccc(NS(C)(=O)=O)c3)cc2C1. The standard InChI is InChI=1S/C19H24N2O5S2/c1-13(2)28(24,25)21-17-9-14-7-8-19(11-15(14)10-17)26-18-6-4-5-16(12-18)20-27(3,22)23/h4-8,11-13,17,20-21H,9-10H2,1-3H3. The van der Waals surface area contributed by atoms with E-state index in [-0.39, 0.29) is 6.04 Å². The van der Waals surface area contributed by atoms with Gasteiger partial charge >= 0.3 is 0 Å². The lowest BCUT2D eigenvalue weighted by Crippen LogP contribution is -2.39. The number of anilines is 1. The number of hydrogen-bond acceptors (Lipinski definition) is 5. The van der Waals surface area contributed by atoms with Crippen LogP contribution >= 0.6 is 0 Å². The predicted octanol–water partition coefficient (Wildman–Crippen LogP) is 2.65. The van der Waals surface area contributed by atoms with Crippen molar-refractivity contribution in [3.63, 3.8) is 0 Å². The van der Waals surface area contributed by atoms with Gasteiger partial charge in [0.15, 0.2) is 0 Å². The maximum Gasteiger partial charge on any atom is 0.229 e. The summed E-state index contributed by atoms with van der Waals surface area (Å²) in [5.74, 6) is 1.12. The van der Waals surface area contributed by atoms with E-state index in [1.54, 1.807) is 38.1 Å². The molecule has 1 aliphatic rings. The van der Waals surface area contributed by atoms with Gasteiger partial charge in [0.25, 0.3) is 0 Å². The lowest BCUT2D eigenvalue weighted by molar-refractivity contribution is 0.482. The number of benzene rings is 2. The first-order valence-corrected chi connectivity index (χ1v) is 12.3. The van der Waals surface area contributed by atoms with E-state index < -0.39 is 25.3 Å². The molecule has 0 radical (unpaired) electrons. The van der Waals surface area contributed by atoms with Gasteiger partial charge in [-0.1, -0.05) is 12.1 Å². The van der Waals surface area contributed by atoms with Gasteiger partial charge in [0, 0.05) is 12.1 Å². The molecule has 7 nitrogen and oxygen atoms in total. The number of nitrogens with one attached hydrogen (secondary N) is 2. The molecule has 1 aliphatic carbocycles. The Balaban J connectivity index is 1.71. The summed E-state index contributed by atoms with van der Waals surface area (Å²) in [4.78, 5) is 0. The summed E-state index contributed by atoms with van der Waals surface area (Å²) in [5, 5.41) is -0.470. The molecule has 0 saturated heterocycles. The van der Waals surface area contributed by atoms with Crippen LogP contribution in [0.2, 0.25) is 0 Å². The maximum absolute atomic E-state index is 12.1. The molecule has 1 atom stereocenters. The molecule has 152 valence electrons. The van der Waals surface area contributed by atoms with Crippen LogP contribution in [-0.2, 0) is 32.9 Å². The van der Waals surface area contributed by atoms with Gasteiger partial charge < -0.3 is 4.74 Å². The van der Waals surface area contributed by atoms with Crippen molar-refractivity contribution in [3.05, 3.63) is 53.6 Å². The Morgan fingerprint density at radius 3 is 2.32 bits per heavy atom. The zero-order valence-electron chi connectivity index (χ0n) is 16.0. The molecule has 0 aromatic heterocycles. The van der Waals surface area contributed by atoms with E-state index in [0.29, 0.717) is 30.0 Å². The van der Waals surface area contributed by atoms with Crippen LogP contribution in [0.15, 0.2) is 42.5 Å². The third-order valence-corrected chi connectivity index (χ3v) is 6.94.